The van der Waals surface area contributed by atoms with E-state index in [9.17, 15) is 19.4 Å². The number of hydrogen-bond donors (Lipinski definition) is 4. The summed E-state index contributed by atoms with van der Waals surface area (Å²) >= 11 is 0. The summed E-state index contributed by atoms with van der Waals surface area (Å²) < 4.78 is 25.6. The number of ether oxygens (including phenoxy) is 2. The third kappa shape index (κ3) is 4.06. The molecule has 4 N–H and O–H groups in total. The summed E-state index contributed by atoms with van der Waals surface area (Å²) in [5, 5.41) is 25.2. The number of carbonyl (C=O) groups is 1. The number of anilines is 2. The lowest BCUT2D eigenvalue weighted by atomic mass is 9.93. The van der Waals surface area contributed by atoms with Crippen molar-refractivity contribution in [2.45, 2.75) is 44.2 Å². The van der Waals surface area contributed by atoms with Gasteiger partial charge in [0.2, 0.25) is 0 Å². The third-order valence-electron chi connectivity index (χ3n) is 6.33. The lowest BCUT2D eigenvalue weighted by Gasteiger charge is -2.23. The fraction of sp³-hybridized carbons (Fsp3) is 0.360. The molecule has 3 aliphatic rings. The van der Waals surface area contributed by atoms with Crippen molar-refractivity contribution in [3.63, 3.8) is 0 Å². The number of aromatic nitrogens is 1. The van der Waals surface area contributed by atoms with Crippen LogP contribution in [-0.2, 0) is 14.3 Å². The van der Waals surface area contributed by atoms with Crippen LogP contribution in [0.4, 0.5) is 15.9 Å². The molecule has 4 heterocycles. The van der Waals surface area contributed by atoms with Crippen LogP contribution in [0.3, 0.4) is 0 Å². The van der Waals surface area contributed by atoms with Gasteiger partial charge in [-0.1, -0.05) is 0 Å². The number of halogens is 1. The number of nitrogens with one attached hydrogen (secondary N) is 2. The van der Waals surface area contributed by atoms with Gasteiger partial charge in [-0.25, -0.2) is 9.37 Å². The number of amides is 1. The monoisotopic (exact) mass is 467 g/mol. The third-order valence-corrected chi connectivity index (χ3v) is 6.33. The molecule has 5 rings (SSSR count). The van der Waals surface area contributed by atoms with Crippen LogP contribution in [0.5, 0.6) is 0 Å². The first-order valence-electron chi connectivity index (χ1n) is 11.2. The van der Waals surface area contributed by atoms with E-state index < -0.39 is 23.6 Å². The lowest BCUT2D eigenvalue weighted by Crippen LogP contribution is -2.29. The van der Waals surface area contributed by atoms with Crippen molar-refractivity contribution in [1.82, 2.24) is 4.98 Å². The summed E-state index contributed by atoms with van der Waals surface area (Å²) in [5.74, 6) is 0.239. The van der Waals surface area contributed by atoms with E-state index in [1.165, 1.54) is 18.2 Å². The molecule has 34 heavy (non-hydrogen) atoms. The molecule has 0 aliphatic carbocycles. The van der Waals surface area contributed by atoms with E-state index in [-0.39, 0.29) is 18.6 Å². The minimum atomic E-state index is -0.726. The molecule has 3 atom stereocenters. The zero-order chi connectivity index (χ0) is 24.0. The predicted octanol–water partition coefficient (Wildman–Crippen LogP) is 2.70. The molecular formula is C25H26FN3O5. The summed E-state index contributed by atoms with van der Waals surface area (Å²) in [7, 11) is 0. The average molecular weight is 467 g/mol. The SMILES string of the molecule is CC1(C)O/C(=C2/C(=O)Nc3ccc(F)cc32)C=C1c1ccc(NC[C@H]2O[C@H](CO)C[C@@H]2O)nc1. The van der Waals surface area contributed by atoms with Gasteiger partial charge in [0.25, 0.3) is 5.91 Å². The number of pyridine rings is 1. The van der Waals surface area contributed by atoms with Crippen LogP contribution in [0.25, 0.3) is 11.1 Å². The van der Waals surface area contributed by atoms with Gasteiger partial charge >= 0.3 is 0 Å². The molecule has 2 aromatic rings. The van der Waals surface area contributed by atoms with Crippen LogP contribution < -0.4 is 10.6 Å². The fourth-order valence-electron chi connectivity index (χ4n) is 4.58. The van der Waals surface area contributed by atoms with Crippen molar-refractivity contribution in [3.05, 3.63) is 65.3 Å². The molecule has 1 aromatic heterocycles. The van der Waals surface area contributed by atoms with Crippen molar-refractivity contribution in [2.75, 3.05) is 23.8 Å². The van der Waals surface area contributed by atoms with Crippen LogP contribution in [0.15, 0.2) is 48.4 Å². The van der Waals surface area contributed by atoms with Crippen molar-refractivity contribution in [3.8, 4) is 0 Å². The van der Waals surface area contributed by atoms with Crippen LogP contribution in [-0.4, -0.2) is 58.2 Å². The van der Waals surface area contributed by atoms with Crippen molar-refractivity contribution < 1.29 is 28.9 Å². The Morgan fingerprint density at radius 1 is 1.29 bits per heavy atom. The molecule has 3 aliphatic heterocycles. The zero-order valence-electron chi connectivity index (χ0n) is 18.8. The smallest absolute Gasteiger partial charge is 0.260 e. The minimum absolute atomic E-state index is 0.117. The number of aliphatic hydroxyl groups excluding tert-OH is 2. The molecular weight excluding hydrogens is 441 g/mol. The number of fused-ring (bicyclic) bond motifs is 1. The van der Waals surface area contributed by atoms with Gasteiger partial charge in [0, 0.05) is 41.5 Å². The maximum absolute atomic E-state index is 13.8. The highest BCUT2D eigenvalue weighted by Crippen LogP contribution is 2.44. The molecule has 178 valence electrons. The zero-order valence-corrected chi connectivity index (χ0v) is 18.8. The Morgan fingerprint density at radius 2 is 2.12 bits per heavy atom. The molecule has 1 aromatic carbocycles. The second-order valence-electron chi connectivity index (χ2n) is 9.15. The maximum Gasteiger partial charge on any atom is 0.260 e. The molecule has 9 heteroatoms. The van der Waals surface area contributed by atoms with Gasteiger partial charge in [-0.05, 0) is 50.3 Å². The van der Waals surface area contributed by atoms with Gasteiger partial charge in [-0.2, -0.15) is 0 Å². The topological polar surface area (TPSA) is 113 Å². The fourth-order valence-corrected chi connectivity index (χ4v) is 4.58. The van der Waals surface area contributed by atoms with Gasteiger partial charge < -0.3 is 30.3 Å². The van der Waals surface area contributed by atoms with E-state index >= 15 is 0 Å². The standard InChI is InChI=1S/C25H26FN3O5/c1-25(2)17(9-20(34-25)23-16-7-14(26)4-5-18(16)29-24(23)32)13-3-6-22(27-10-13)28-11-21-19(31)8-15(12-30)33-21/h3-7,9-10,15,19,21,30-31H,8,11-12H2,1-2H3,(H,27,28)(H,29,32)/b23-20+/t15-,19-,21+/m0/s1. The summed E-state index contributed by atoms with van der Waals surface area (Å²) in [6.07, 6.45) is 2.52. The largest absolute Gasteiger partial charge is 0.482 e. The Balaban J connectivity index is 1.37. The number of benzene rings is 1. The molecule has 8 nitrogen and oxygen atoms in total. The van der Waals surface area contributed by atoms with Crippen LogP contribution in [0, 0.1) is 5.82 Å². The Kier molecular flexibility index (Phi) is 5.63. The van der Waals surface area contributed by atoms with E-state index in [1.807, 2.05) is 26.0 Å². The molecule has 0 radical (unpaired) electrons. The molecule has 1 amide bonds. The van der Waals surface area contributed by atoms with Crippen molar-refractivity contribution in [1.29, 1.82) is 0 Å². The first kappa shape index (κ1) is 22.5. The normalized spacial score (nSPS) is 27.3. The highest BCUT2D eigenvalue weighted by atomic mass is 19.1. The number of carbonyl (C=O) groups excluding carboxylic acids is 1. The van der Waals surface area contributed by atoms with Gasteiger partial charge in [-0.3, -0.25) is 4.79 Å². The summed E-state index contributed by atoms with van der Waals surface area (Å²) in [6, 6.07) is 7.88. The van der Waals surface area contributed by atoms with Gasteiger partial charge in [0.15, 0.2) is 0 Å². The Bertz CT molecular complexity index is 1190. The van der Waals surface area contributed by atoms with Gasteiger partial charge in [-0.15, -0.1) is 0 Å². The Labute approximate surface area is 196 Å². The number of rotatable bonds is 5. The van der Waals surface area contributed by atoms with Crippen molar-refractivity contribution in [2.24, 2.45) is 0 Å². The molecule has 0 spiro atoms. The second kappa shape index (κ2) is 8.50. The molecule has 0 unspecified atom stereocenters. The first-order valence-corrected chi connectivity index (χ1v) is 11.2. The van der Waals surface area contributed by atoms with E-state index in [0.717, 1.165) is 11.1 Å². The Morgan fingerprint density at radius 3 is 2.82 bits per heavy atom. The predicted molar refractivity (Wildman–Crippen MR) is 124 cm³/mol. The summed E-state index contributed by atoms with van der Waals surface area (Å²) in [4.78, 5) is 17.1. The van der Waals surface area contributed by atoms with Crippen LogP contribution in [0.1, 0.15) is 31.4 Å². The highest BCUT2D eigenvalue weighted by molar-refractivity contribution is 6.32. The molecule has 1 fully saturated rings. The van der Waals surface area contributed by atoms with Crippen LogP contribution >= 0.6 is 0 Å². The van der Waals surface area contributed by atoms with Crippen molar-refractivity contribution >= 4 is 28.6 Å². The molecule has 0 bridgehead atoms. The summed E-state index contributed by atoms with van der Waals surface area (Å²) in [5.41, 5.74) is 2.27. The van der Waals surface area contributed by atoms with Gasteiger partial charge in [0.05, 0.1) is 24.4 Å². The lowest BCUT2D eigenvalue weighted by molar-refractivity contribution is -0.111. The average Bonchev–Trinajstić information content (AvgIpc) is 3.43. The number of hydrogen-bond acceptors (Lipinski definition) is 7. The molecule has 0 saturated carbocycles. The molecule has 1 saturated heterocycles. The number of aliphatic hydroxyl groups is 2. The number of allylic oxidation sites excluding steroid dienone is 1. The second-order valence-corrected chi connectivity index (χ2v) is 9.15. The number of nitrogens with zero attached hydrogens (tertiary/aromatic N) is 1. The van der Waals surface area contributed by atoms with E-state index in [4.69, 9.17) is 9.47 Å². The van der Waals surface area contributed by atoms with Crippen LogP contribution in [0.2, 0.25) is 0 Å². The highest BCUT2D eigenvalue weighted by Gasteiger charge is 2.38. The van der Waals surface area contributed by atoms with E-state index in [2.05, 4.69) is 15.6 Å². The minimum Gasteiger partial charge on any atom is -0.482 e. The van der Waals surface area contributed by atoms with E-state index in [0.29, 0.717) is 41.4 Å². The quantitative estimate of drug-likeness (QED) is 0.500. The Hall–Kier alpha value is -3.27. The van der Waals surface area contributed by atoms with Gasteiger partial charge in [0.1, 0.15) is 29.1 Å². The maximum atomic E-state index is 13.8. The summed E-state index contributed by atoms with van der Waals surface area (Å²) in [6.45, 7) is 4.04. The first-order chi connectivity index (χ1) is 16.2. The van der Waals surface area contributed by atoms with E-state index in [1.54, 1.807) is 12.3 Å².